The van der Waals surface area contributed by atoms with Crippen molar-refractivity contribution in [2.24, 2.45) is 11.5 Å². The highest BCUT2D eigenvalue weighted by molar-refractivity contribution is 6.60. The van der Waals surface area contributed by atoms with Gasteiger partial charge < -0.3 is 24.7 Å². The van der Waals surface area contributed by atoms with Gasteiger partial charge in [-0.2, -0.15) is 0 Å². The lowest BCUT2D eigenvalue weighted by atomic mass is 10.2. The van der Waals surface area contributed by atoms with Crippen molar-refractivity contribution in [3.8, 4) is 0 Å². The molecule has 102 valence electrons. The van der Waals surface area contributed by atoms with E-state index in [1.807, 2.05) is 20.8 Å². The monoisotopic (exact) mass is 264 g/mol. The number of carbonyl (C=O) groups excluding carboxylic acids is 1. The van der Waals surface area contributed by atoms with E-state index >= 15 is 0 Å². The van der Waals surface area contributed by atoms with Crippen LogP contribution < -0.4 is 11.5 Å². The Bertz CT molecular complexity index is 211. The number of hydrogen-bond acceptors (Lipinski definition) is 5. The molecule has 7 heteroatoms. The third-order valence-electron chi connectivity index (χ3n) is 2.22. The van der Waals surface area contributed by atoms with E-state index in [1.165, 1.54) is 0 Å². The molecular formula is C10H24N2O4Si. The summed E-state index contributed by atoms with van der Waals surface area (Å²) >= 11 is 0. The number of primary amides is 1. The standard InChI is InChI=1S/C10H24N2O4Si/c1-4-14-17(15-5-2,16-6-3)8-7-9(11)10(12)13/h9H,4-8,11H2,1-3H3,(H2,12,13). The Balaban J connectivity index is 4.47. The predicted octanol–water partition coefficient (Wildman–Crippen LogP) is 0.238. The summed E-state index contributed by atoms with van der Waals surface area (Å²) in [5.74, 6) is -0.516. The number of carbonyl (C=O) groups is 1. The first-order valence-corrected chi connectivity index (χ1v) is 7.91. The van der Waals surface area contributed by atoms with Crippen LogP contribution in [0.2, 0.25) is 6.04 Å². The SMILES string of the molecule is CCO[Si](CCC(N)C(N)=O)(OCC)OCC. The highest BCUT2D eigenvalue weighted by Gasteiger charge is 2.40. The molecule has 0 aromatic heterocycles. The van der Waals surface area contributed by atoms with Crippen molar-refractivity contribution in [1.82, 2.24) is 0 Å². The summed E-state index contributed by atoms with van der Waals surface area (Å²) in [5.41, 5.74) is 10.7. The summed E-state index contributed by atoms with van der Waals surface area (Å²) in [6.07, 6.45) is 0.418. The molecule has 6 nitrogen and oxygen atoms in total. The molecule has 0 bridgehead atoms. The average Bonchev–Trinajstić information content (AvgIpc) is 2.27. The lowest BCUT2D eigenvalue weighted by molar-refractivity contribution is -0.119. The topological polar surface area (TPSA) is 96.8 Å². The predicted molar refractivity (Wildman–Crippen MR) is 67.2 cm³/mol. The van der Waals surface area contributed by atoms with Crippen molar-refractivity contribution in [3.05, 3.63) is 0 Å². The second kappa shape index (κ2) is 8.59. The maximum Gasteiger partial charge on any atom is 0.501 e. The summed E-state index contributed by atoms with van der Waals surface area (Å²) in [6, 6.07) is -0.171. The van der Waals surface area contributed by atoms with Crippen LogP contribution in [0.3, 0.4) is 0 Å². The summed E-state index contributed by atoms with van der Waals surface area (Å²) < 4.78 is 16.9. The minimum Gasteiger partial charge on any atom is -0.374 e. The van der Waals surface area contributed by atoms with Crippen molar-refractivity contribution >= 4 is 14.7 Å². The van der Waals surface area contributed by atoms with Gasteiger partial charge in [0.2, 0.25) is 5.91 Å². The van der Waals surface area contributed by atoms with Gasteiger partial charge in [-0.15, -0.1) is 0 Å². The summed E-state index contributed by atoms with van der Waals surface area (Å²) in [4.78, 5) is 10.9. The van der Waals surface area contributed by atoms with Crippen molar-refractivity contribution in [1.29, 1.82) is 0 Å². The van der Waals surface area contributed by atoms with Crippen LogP contribution >= 0.6 is 0 Å². The maximum atomic E-state index is 10.9. The molecule has 4 N–H and O–H groups in total. The first kappa shape index (κ1) is 16.5. The van der Waals surface area contributed by atoms with Crippen molar-refractivity contribution in [2.75, 3.05) is 19.8 Å². The van der Waals surface area contributed by atoms with E-state index in [0.29, 0.717) is 32.3 Å². The van der Waals surface area contributed by atoms with Crippen LogP contribution in [0.15, 0.2) is 0 Å². The van der Waals surface area contributed by atoms with E-state index in [9.17, 15) is 4.79 Å². The fraction of sp³-hybridized carbons (Fsp3) is 0.900. The van der Waals surface area contributed by atoms with Crippen molar-refractivity contribution < 1.29 is 18.1 Å². The van der Waals surface area contributed by atoms with Crippen LogP contribution in [-0.4, -0.2) is 40.6 Å². The Labute approximate surface area is 104 Å². The van der Waals surface area contributed by atoms with Gasteiger partial charge in [0.15, 0.2) is 0 Å². The number of rotatable bonds is 10. The fourth-order valence-corrected chi connectivity index (χ4v) is 4.14. The molecule has 0 aliphatic heterocycles. The molecular weight excluding hydrogens is 240 g/mol. The van der Waals surface area contributed by atoms with Crippen molar-refractivity contribution in [2.45, 2.75) is 39.3 Å². The highest BCUT2D eigenvalue weighted by Crippen LogP contribution is 2.18. The fourth-order valence-electron chi connectivity index (χ4n) is 1.48. The first-order chi connectivity index (χ1) is 8.01. The van der Waals surface area contributed by atoms with Gasteiger partial charge in [0.05, 0.1) is 6.04 Å². The lowest BCUT2D eigenvalue weighted by Crippen LogP contribution is -2.48. The maximum absolute atomic E-state index is 10.9. The molecule has 0 fully saturated rings. The van der Waals surface area contributed by atoms with Crippen molar-refractivity contribution in [3.63, 3.8) is 0 Å². The molecule has 0 rings (SSSR count). The molecule has 0 aliphatic carbocycles. The van der Waals surface area contributed by atoms with Gasteiger partial charge in [-0.3, -0.25) is 4.79 Å². The molecule has 0 radical (unpaired) electrons. The molecule has 0 aromatic rings. The van der Waals surface area contributed by atoms with Crippen LogP contribution in [0.4, 0.5) is 0 Å². The van der Waals surface area contributed by atoms with Gasteiger partial charge in [0.25, 0.3) is 0 Å². The second-order valence-corrected chi connectivity index (χ2v) is 6.26. The molecule has 0 aliphatic rings. The largest absolute Gasteiger partial charge is 0.501 e. The third-order valence-corrected chi connectivity index (χ3v) is 5.31. The zero-order valence-electron chi connectivity index (χ0n) is 10.9. The zero-order chi connectivity index (χ0) is 13.3. The molecule has 0 spiro atoms. The van der Waals surface area contributed by atoms with Gasteiger partial charge in [0.1, 0.15) is 0 Å². The van der Waals surface area contributed by atoms with Gasteiger partial charge >= 0.3 is 8.80 Å². The highest BCUT2D eigenvalue weighted by atomic mass is 28.4. The molecule has 1 amide bonds. The molecule has 0 saturated heterocycles. The van der Waals surface area contributed by atoms with Gasteiger partial charge in [-0.05, 0) is 27.2 Å². The van der Waals surface area contributed by atoms with Crippen LogP contribution in [0.25, 0.3) is 0 Å². The molecule has 17 heavy (non-hydrogen) atoms. The summed E-state index contributed by atoms with van der Waals surface area (Å²) in [7, 11) is -2.69. The minimum absolute atomic E-state index is 0.418. The zero-order valence-corrected chi connectivity index (χ0v) is 11.9. The Morgan fingerprint density at radius 2 is 1.53 bits per heavy atom. The Hall–Kier alpha value is -0.473. The average molecular weight is 264 g/mol. The van der Waals surface area contributed by atoms with Crippen LogP contribution in [0.5, 0.6) is 0 Å². The normalized spacial score (nSPS) is 13.6. The molecule has 0 heterocycles. The van der Waals surface area contributed by atoms with E-state index < -0.39 is 20.8 Å². The Morgan fingerprint density at radius 3 is 1.82 bits per heavy atom. The Morgan fingerprint density at radius 1 is 1.12 bits per heavy atom. The van der Waals surface area contributed by atoms with E-state index in [4.69, 9.17) is 24.7 Å². The molecule has 0 aromatic carbocycles. The summed E-state index contributed by atoms with van der Waals surface area (Å²) in [5, 5.41) is 0. The Kier molecular flexibility index (Phi) is 8.35. The van der Waals surface area contributed by atoms with E-state index in [2.05, 4.69) is 0 Å². The van der Waals surface area contributed by atoms with Crippen LogP contribution in [-0.2, 0) is 18.1 Å². The second-order valence-electron chi connectivity index (χ2n) is 3.53. The quantitative estimate of drug-likeness (QED) is 0.551. The molecule has 1 unspecified atom stereocenters. The lowest BCUT2D eigenvalue weighted by Gasteiger charge is -2.28. The number of hydrogen-bond donors (Lipinski definition) is 2. The first-order valence-electron chi connectivity index (χ1n) is 5.98. The van der Waals surface area contributed by atoms with Crippen LogP contribution in [0.1, 0.15) is 27.2 Å². The molecule has 0 saturated carbocycles. The van der Waals surface area contributed by atoms with Gasteiger partial charge in [-0.1, -0.05) is 0 Å². The summed E-state index contributed by atoms with van der Waals surface area (Å²) in [6.45, 7) is 7.18. The smallest absolute Gasteiger partial charge is 0.374 e. The van der Waals surface area contributed by atoms with E-state index in [1.54, 1.807) is 0 Å². The van der Waals surface area contributed by atoms with Gasteiger partial charge in [-0.25, -0.2) is 0 Å². The number of amides is 1. The minimum atomic E-state index is -2.69. The van der Waals surface area contributed by atoms with Crippen LogP contribution in [0, 0.1) is 0 Å². The number of nitrogens with two attached hydrogens (primary N) is 2. The molecule has 1 atom stereocenters. The van der Waals surface area contributed by atoms with E-state index in [0.717, 1.165) is 0 Å². The third kappa shape index (κ3) is 6.13. The van der Waals surface area contributed by atoms with Gasteiger partial charge in [0, 0.05) is 25.9 Å². The van der Waals surface area contributed by atoms with E-state index in [-0.39, 0.29) is 0 Å².